The summed E-state index contributed by atoms with van der Waals surface area (Å²) < 4.78 is 0. The van der Waals surface area contributed by atoms with Gasteiger partial charge < -0.3 is 5.32 Å². The molecule has 2 rings (SSSR count). The van der Waals surface area contributed by atoms with Crippen molar-refractivity contribution in [1.82, 2.24) is 5.32 Å². The van der Waals surface area contributed by atoms with Crippen molar-refractivity contribution in [1.29, 1.82) is 0 Å². The first-order valence-corrected chi connectivity index (χ1v) is 8.81. The minimum Gasteiger partial charge on any atom is -0.317 e. The number of benzene rings is 1. The Bertz CT molecular complexity index is 470. The van der Waals surface area contributed by atoms with Gasteiger partial charge in [-0.05, 0) is 79.8 Å². The Labute approximate surface area is 139 Å². The Hall–Kier alpha value is -0.240. The van der Waals surface area contributed by atoms with Crippen LogP contribution in [0.15, 0.2) is 18.2 Å². The highest BCUT2D eigenvalue weighted by molar-refractivity contribution is 6.33. The molecule has 0 aliphatic heterocycles. The summed E-state index contributed by atoms with van der Waals surface area (Å²) in [5.74, 6) is 1.43. The Kier molecular flexibility index (Phi) is 5.99. The average molecular weight is 328 g/mol. The van der Waals surface area contributed by atoms with Crippen molar-refractivity contribution in [3.63, 3.8) is 0 Å². The zero-order valence-electron chi connectivity index (χ0n) is 13.4. The fraction of sp³-hybridized carbons (Fsp3) is 0.667. The van der Waals surface area contributed by atoms with Gasteiger partial charge >= 0.3 is 0 Å². The van der Waals surface area contributed by atoms with Crippen LogP contribution in [0, 0.1) is 17.3 Å². The molecule has 1 nitrogen and oxygen atoms in total. The van der Waals surface area contributed by atoms with E-state index < -0.39 is 0 Å². The monoisotopic (exact) mass is 327 g/mol. The number of hydrogen-bond donors (Lipinski definition) is 1. The Morgan fingerprint density at radius 3 is 2.71 bits per heavy atom. The molecule has 21 heavy (non-hydrogen) atoms. The molecular formula is C18H27Cl2N. The van der Waals surface area contributed by atoms with E-state index in [0.29, 0.717) is 11.3 Å². The third-order valence-corrected chi connectivity index (χ3v) is 5.42. The lowest BCUT2D eigenvalue weighted by Gasteiger charge is -2.41. The van der Waals surface area contributed by atoms with Gasteiger partial charge in [0.2, 0.25) is 0 Å². The molecule has 0 radical (unpaired) electrons. The Morgan fingerprint density at radius 2 is 2.00 bits per heavy atom. The maximum absolute atomic E-state index is 6.36. The molecule has 0 aromatic heterocycles. The highest BCUT2D eigenvalue weighted by atomic mass is 35.5. The van der Waals surface area contributed by atoms with Gasteiger partial charge in [-0.3, -0.25) is 0 Å². The van der Waals surface area contributed by atoms with Gasteiger partial charge in [0.1, 0.15) is 0 Å². The van der Waals surface area contributed by atoms with E-state index in [1.807, 2.05) is 18.2 Å². The van der Waals surface area contributed by atoms with Crippen molar-refractivity contribution in [3.05, 3.63) is 33.8 Å². The van der Waals surface area contributed by atoms with Crippen LogP contribution in [0.25, 0.3) is 0 Å². The fourth-order valence-electron chi connectivity index (χ4n) is 3.61. The maximum atomic E-state index is 6.36. The van der Waals surface area contributed by atoms with E-state index in [2.05, 4.69) is 26.1 Å². The standard InChI is InChI=1S/C18H27Cl2N/c1-4-21-12-13-7-8-18(2,3)11-15(13)9-14-10-16(19)5-6-17(14)20/h5-6,10,13,15,21H,4,7-9,11-12H2,1-3H3. The minimum atomic E-state index is 0.443. The van der Waals surface area contributed by atoms with E-state index in [1.165, 1.54) is 24.8 Å². The molecule has 1 aliphatic rings. The second kappa shape index (κ2) is 7.35. The molecule has 1 fully saturated rings. The molecule has 3 heteroatoms. The van der Waals surface area contributed by atoms with E-state index in [9.17, 15) is 0 Å². The van der Waals surface area contributed by atoms with Crippen LogP contribution in [0.4, 0.5) is 0 Å². The van der Waals surface area contributed by atoms with Crippen LogP contribution < -0.4 is 5.32 Å². The molecule has 1 aromatic rings. The molecule has 0 spiro atoms. The number of nitrogens with one attached hydrogen (secondary N) is 1. The number of rotatable bonds is 5. The molecule has 2 unspecified atom stereocenters. The van der Waals surface area contributed by atoms with Crippen molar-refractivity contribution in [2.45, 2.75) is 46.5 Å². The van der Waals surface area contributed by atoms with Gasteiger partial charge in [0.25, 0.3) is 0 Å². The topological polar surface area (TPSA) is 12.0 Å². The predicted molar refractivity (Wildman–Crippen MR) is 93.3 cm³/mol. The van der Waals surface area contributed by atoms with Gasteiger partial charge in [0.15, 0.2) is 0 Å². The van der Waals surface area contributed by atoms with E-state index in [4.69, 9.17) is 23.2 Å². The van der Waals surface area contributed by atoms with Crippen LogP contribution in [0.2, 0.25) is 10.0 Å². The lowest BCUT2D eigenvalue weighted by Crippen LogP contribution is -2.37. The second-order valence-corrected chi connectivity index (χ2v) is 8.02. The summed E-state index contributed by atoms with van der Waals surface area (Å²) >= 11 is 12.5. The highest BCUT2D eigenvalue weighted by Gasteiger charge is 2.34. The normalized spacial score (nSPS) is 25.0. The molecule has 2 atom stereocenters. The van der Waals surface area contributed by atoms with E-state index in [0.717, 1.165) is 35.5 Å². The van der Waals surface area contributed by atoms with Gasteiger partial charge in [-0.25, -0.2) is 0 Å². The maximum Gasteiger partial charge on any atom is 0.0439 e. The van der Waals surface area contributed by atoms with Gasteiger partial charge in [0.05, 0.1) is 0 Å². The summed E-state index contributed by atoms with van der Waals surface area (Å²) in [5, 5.41) is 5.16. The van der Waals surface area contributed by atoms with E-state index >= 15 is 0 Å². The van der Waals surface area contributed by atoms with Crippen LogP contribution in [0.5, 0.6) is 0 Å². The van der Waals surface area contributed by atoms with Crippen molar-refractivity contribution in [3.8, 4) is 0 Å². The summed E-state index contributed by atoms with van der Waals surface area (Å²) in [6, 6.07) is 5.83. The highest BCUT2D eigenvalue weighted by Crippen LogP contribution is 2.43. The Balaban J connectivity index is 2.13. The molecule has 1 N–H and O–H groups in total. The van der Waals surface area contributed by atoms with Crippen LogP contribution in [-0.4, -0.2) is 13.1 Å². The van der Waals surface area contributed by atoms with E-state index in [1.54, 1.807) is 0 Å². The van der Waals surface area contributed by atoms with Gasteiger partial charge in [-0.15, -0.1) is 0 Å². The van der Waals surface area contributed by atoms with Crippen molar-refractivity contribution < 1.29 is 0 Å². The van der Waals surface area contributed by atoms with Crippen LogP contribution >= 0.6 is 23.2 Å². The first-order chi connectivity index (χ1) is 9.91. The average Bonchev–Trinajstić information content (AvgIpc) is 2.41. The smallest absolute Gasteiger partial charge is 0.0439 e. The fourth-order valence-corrected chi connectivity index (χ4v) is 4.00. The Morgan fingerprint density at radius 1 is 1.24 bits per heavy atom. The first kappa shape index (κ1) is 17.1. The summed E-state index contributed by atoms with van der Waals surface area (Å²) in [4.78, 5) is 0. The van der Waals surface area contributed by atoms with Gasteiger partial charge in [-0.2, -0.15) is 0 Å². The van der Waals surface area contributed by atoms with Crippen molar-refractivity contribution in [2.75, 3.05) is 13.1 Å². The van der Waals surface area contributed by atoms with Crippen LogP contribution in [0.1, 0.15) is 45.6 Å². The minimum absolute atomic E-state index is 0.443. The zero-order valence-corrected chi connectivity index (χ0v) is 14.9. The van der Waals surface area contributed by atoms with Crippen molar-refractivity contribution in [2.24, 2.45) is 17.3 Å². The number of hydrogen-bond acceptors (Lipinski definition) is 1. The van der Waals surface area contributed by atoms with Crippen molar-refractivity contribution >= 4 is 23.2 Å². The van der Waals surface area contributed by atoms with E-state index in [-0.39, 0.29) is 0 Å². The SMILES string of the molecule is CCNCC1CCC(C)(C)CC1Cc1cc(Cl)ccc1Cl. The number of halogens is 2. The van der Waals surface area contributed by atoms with Gasteiger partial charge in [-0.1, -0.05) is 44.0 Å². The third-order valence-electron chi connectivity index (χ3n) is 4.82. The largest absolute Gasteiger partial charge is 0.317 e. The predicted octanol–water partition coefficient (Wildman–Crippen LogP) is 5.59. The third kappa shape index (κ3) is 4.87. The summed E-state index contributed by atoms with van der Waals surface area (Å²) in [7, 11) is 0. The zero-order chi connectivity index (χ0) is 15.5. The summed E-state index contributed by atoms with van der Waals surface area (Å²) in [6.45, 7) is 9.13. The molecule has 0 bridgehead atoms. The molecule has 1 saturated carbocycles. The summed E-state index contributed by atoms with van der Waals surface area (Å²) in [5.41, 5.74) is 1.65. The lowest BCUT2D eigenvalue weighted by atomic mass is 9.65. The lowest BCUT2D eigenvalue weighted by molar-refractivity contribution is 0.116. The van der Waals surface area contributed by atoms with Gasteiger partial charge in [0, 0.05) is 10.0 Å². The molecule has 118 valence electrons. The second-order valence-electron chi connectivity index (χ2n) is 7.17. The first-order valence-electron chi connectivity index (χ1n) is 8.06. The van der Waals surface area contributed by atoms with Crippen LogP contribution in [-0.2, 0) is 6.42 Å². The molecule has 0 saturated heterocycles. The molecule has 0 heterocycles. The molecule has 1 aromatic carbocycles. The molecule has 0 amide bonds. The molecular weight excluding hydrogens is 301 g/mol. The quantitative estimate of drug-likeness (QED) is 0.743. The summed E-state index contributed by atoms with van der Waals surface area (Å²) in [6.07, 6.45) is 4.94. The van der Waals surface area contributed by atoms with Crippen LogP contribution in [0.3, 0.4) is 0 Å². The molecule has 1 aliphatic carbocycles.